The second-order valence-electron chi connectivity index (χ2n) is 6.33. The minimum Gasteiger partial charge on any atom is -0.271 e. The summed E-state index contributed by atoms with van der Waals surface area (Å²) in [6, 6.07) is 0.335. The molecule has 4 nitrogen and oxygen atoms in total. The van der Waals surface area contributed by atoms with Gasteiger partial charge in [0.25, 0.3) is 0 Å². The van der Waals surface area contributed by atoms with Crippen molar-refractivity contribution < 1.29 is 0 Å². The molecule has 0 spiro atoms. The van der Waals surface area contributed by atoms with Crippen LogP contribution < -0.4 is 11.3 Å². The van der Waals surface area contributed by atoms with Crippen LogP contribution in [0.25, 0.3) is 0 Å². The van der Waals surface area contributed by atoms with Gasteiger partial charge in [0.05, 0.1) is 16.4 Å². The smallest absolute Gasteiger partial charge is 0.0847 e. The molecule has 0 amide bonds. The number of aryl methyl sites for hydroxylation is 2. The van der Waals surface area contributed by atoms with Gasteiger partial charge in [0.15, 0.2) is 0 Å². The van der Waals surface area contributed by atoms with Gasteiger partial charge < -0.3 is 0 Å². The summed E-state index contributed by atoms with van der Waals surface area (Å²) < 4.78 is 2.02. The number of hydrogen-bond acceptors (Lipinski definition) is 3. The average Bonchev–Trinajstić information content (AvgIpc) is 3.13. The zero-order chi connectivity index (χ0) is 14.3. The highest BCUT2D eigenvalue weighted by molar-refractivity contribution is 6.31. The van der Waals surface area contributed by atoms with Crippen molar-refractivity contribution in [1.29, 1.82) is 0 Å². The Morgan fingerprint density at radius 2 is 2.05 bits per heavy atom. The van der Waals surface area contributed by atoms with Gasteiger partial charge >= 0.3 is 0 Å². The molecule has 2 saturated carbocycles. The van der Waals surface area contributed by atoms with Gasteiger partial charge in [-0.25, -0.2) is 0 Å². The van der Waals surface area contributed by atoms with Gasteiger partial charge in [0, 0.05) is 19.0 Å². The predicted molar refractivity (Wildman–Crippen MR) is 81.4 cm³/mol. The summed E-state index contributed by atoms with van der Waals surface area (Å²) in [6.45, 7) is 4.94. The molecule has 3 rings (SSSR count). The van der Waals surface area contributed by atoms with Crippen LogP contribution in [0.3, 0.4) is 0 Å². The molecule has 3 N–H and O–H groups in total. The molecular formula is C15H25ClN4. The Bertz CT molecular complexity index is 472. The number of nitrogens with zero attached hydrogens (tertiary/aromatic N) is 2. The average molecular weight is 297 g/mol. The molecule has 0 bridgehead atoms. The van der Waals surface area contributed by atoms with Crippen LogP contribution in [-0.4, -0.2) is 15.8 Å². The quantitative estimate of drug-likeness (QED) is 0.649. The lowest BCUT2D eigenvalue weighted by Crippen LogP contribution is -2.40. The van der Waals surface area contributed by atoms with Crippen molar-refractivity contribution in [2.45, 2.75) is 58.5 Å². The van der Waals surface area contributed by atoms with E-state index < -0.39 is 0 Å². The van der Waals surface area contributed by atoms with E-state index in [0.29, 0.717) is 6.04 Å². The SMILES string of the molecule is CCn1nc(C)c(Cl)c1CC(NN)C1C2CCCCC21. The van der Waals surface area contributed by atoms with Gasteiger partial charge in [-0.1, -0.05) is 24.4 Å². The lowest BCUT2D eigenvalue weighted by atomic mass is 10.0. The molecule has 0 aliphatic heterocycles. The van der Waals surface area contributed by atoms with Gasteiger partial charge in [0.1, 0.15) is 0 Å². The summed E-state index contributed by atoms with van der Waals surface area (Å²) in [7, 11) is 0. The summed E-state index contributed by atoms with van der Waals surface area (Å²) in [5.41, 5.74) is 5.12. The maximum atomic E-state index is 6.42. The molecule has 112 valence electrons. The molecule has 3 atom stereocenters. The number of fused-ring (bicyclic) bond motifs is 1. The number of hydrogen-bond donors (Lipinski definition) is 2. The van der Waals surface area contributed by atoms with Crippen LogP contribution in [0.5, 0.6) is 0 Å². The molecule has 0 aromatic carbocycles. The van der Waals surface area contributed by atoms with Crippen molar-refractivity contribution >= 4 is 11.6 Å². The maximum Gasteiger partial charge on any atom is 0.0847 e. The van der Waals surface area contributed by atoms with Gasteiger partial charge in [-0.3, -0.25) is 16.0 Å². The molecule has 2 aliphatic rings. The van der Waals surface area contributed by atoms with Crippen molar-refractivity contribution in [3.05, 3.63) is 16.4 Å². The molecule has 2 fully saturated rings. The molecule has 5 heteroatoms. The highest BCUT2D eigenvalue weighted by Crippen LogP contribution is 2.57. The topological polar surface area (TPSA) is 55.9 Å². The third kappa shape index (κ3) is 2.38. The Kier molecular flexibility index (Phi) is 4.07. The standard InChI is InChI=1S/C15H25ClN4/c1-3-20-13(15(16)9(2)19-20)8-12(18-17)14-10-6-4-5-7-11(10)14/h10-12,14,18H,3-8,17H2,1-2H3. The molecule has 1 aromatic rings. The van der Waals surface area contributed by atoms with E-state index in [2.05, 4.69) is 17.4 Å². The zero-order valence-electron chi connectivity index (χ0n) is 12.4. The summed E-state index contributed by atoms with van der Waals surface area (Å²) in [5, 5.41) is 5.32. The number of hydrazine groups is 1. The number of nitrogens with two attached hydrogens (primary N) is 1. The van der Waals surface area contributed by atoms with Crippen molar-refractivity contribution in [3.63, 3.8) is 0 Å². The van der Waals surface area contributed by atoms with Crippen LogP contribution in [0.15, 0.2) is 0 Å². The fourth-order valence-corrected chi connectivity index (χ4v) is 4.44. The van der Waals surface area contributed by atoms with E-state index >= 15 is 0 Å². The van der Waals surface area contributed by atoms with Crippen LogP contribution >= 0.6 is 11.6 Å². The first-order valence-electron chi connectivity index (χ1n) is 7.85. The maximum absolute atomic E-state index is 6.42. The fraction of sp³-hybridized carbons (Fsp3) is 0.800. The third-order valence-electron chi connectivity index (χ3n) is 5.27. The Labute approximate surface area is 126 Å². The van der Waals surface area contributed by atoms with E-state index in [0.717, 1.165) is 47.1 Å². The molecule has 1 heterocycles. The normalized spacial score (nSPS) is 30.1. The number of nitrogens with one attached hydrogen (secondary N) is 1. The largest absolute Gasteiger partial charge is 0.271 e. The summed E-state index contributed by atoms with van der Waals surface area (Å²) in [4.78, 5) is 0. The lowest BCUT2D eigenvalue weighted by Gasteiger charge is -2.17. The Balaban J connectivity index is 1.75. The summed E-state index contributed by atoms with van der Waals surface area (Å²) in [5.74, 6) is 8.36. The Morgan fingerprint density at radius 3 is 2.60 bits per heavy atom. The van der Waals surface area contributed by atoms with Crippen molar-refractivity contribution in [2.75, 3.05) is 0 Å². The minimum absolute atomic E-state index is 0.335. The van der Waals surface area contributed by atoms with E-state index in [1.54, 1.807) is 0 Å². The summed E-state index contributed by atoms with van der Waals surface area (Å²) >= 11 is 6.42. The van der Waals surface area contributed by atoms with E-state index in [1.165, 1.54) is 25.7 Å². The van der Waals surface area contributed by atoms with Gasteiger partial charge in [-0.05, 0) is 44.4 Å². The van der Waals surface area contributed by atoms with E-state index in [1.807, 2.05) is 11.6 Å². The number of aromatic nitrogens is 2. The van der Waals surface area contributed by atoms with Gasteiger partial charge in [-0.15, -0.1) is 0 Å². The first kappa shape index (κ1) is 14.4. The van der Waals surface area contributed by atoms with Gasteiger partial charge in [-0.2, -0.15) is 5.10 Å². The van der Waals surface area contributed by atoms with Crippen LogP contribution in [-0.2, 0) is 13.0 Å². The molecular weight excluding hydrogens is 272 g/mol. The van der Waals surface area contributed by atoms with E-state index in [-0.39, 0.29) is 0 Å². The highest BCUT2D eigenvalue weighted by Gasteiger charge is 2.53. The van der Waals surface area contributed by atoms with E-state index in [9.17, 15) is 0 Å². The van der Waals surface area contributed by atoms with Crippen molar-refractivity contribution in [1.82, 2.24) is 15.2 Å². The predicted octanol–water partition coefficient (Wildman–Crippen LogP) is 2.68. The number of rotatable bonds is 5. The monoisotopic (exact) mass is 296 g/mol. The molecule has 20 heavy (non-hydrogen) atoms. The van der Waals surface area contributed by atoms with E-state index in [4.69, 9.17) is 17.4 Å². The minimum atomic E-state index is 0.335. The second-order valence-corrected chi connectivity index (χ2v) is 6.71. The zero-order valence-corrected chi connectivity index (χ0v) is 13.2. The highest BCUT2D eigenvalue weighted by atomic mass is 35.5. The first-order chi connectivity index (χ1) is 9.67. The summed E-state index contributed by atoms with van der Waals surface area (Å²) in [6.07, 6.45) is 6.44. The lowest BCUT2D eigenvalue weighted by molar-refractivity contribution is 0.424. The second kappa shape index (κ2) is 5.66. The third-order valence-corrected chi connectivity index (χ3v) is 5.76. The van der Waals surface area contributed by atoms with Crippen LogP contribution in [0, 0.1) is 24.7 Å². The molecule has 0 radical (unpaired) electrons. The van der Waals surface area contributed by atoms with Crippen molar-refractivity contribution in [2.24, 2.45) is 23.6 Å². The molecule has 2 aliphatic carbocycles. The number of halogens is 1. The van der Waals surface area contributed by atoms with Crippen LogP contribution in [0.2, 0.25) is 5.02 Å². The Hall–Kier alpha value is -0.580. The molecule has 1 aromatic heterocycles. The van der Waals surface area contributed by atoms with Crippen LogP contribution in [0.1, 0.15) is 44.0 Å². The Morgan fingerprint density at radius 1 is 1.40 bits per heavy atom. The molecule has 3 unspecified atom stereocenters. The van der Waals surface area contributed by atoms with Crippen molar-refractivity contribution in [3.8, 4) is 0 Å². The first-order valence-corrected chi connectivity index (χ1v) is 8.23. The fourth-order valence-electron chi connectivity index (χ4n) is 4.22. The van der Waals surface area contributed by atoms with Gasteiger partial charge in [0.2, 0.25) is 0 Å². The molecule has 0 saturated heterocycles. The van der Waals surface area contributed by atoms with Crippen LogP contribution in [0.4, 0.5) is 0 Å².